The molecule has 0 aliphatic carbocycles. The summed E-state index contributed by atoms with van der Waals surface area (Å²) in [6, 6.07) is 7.05. The summed E-state index contributed by atoms with van der Waals surface area (Å²) in [7, 11) is 0. The van der Waals surface area contributed by atoms with Crippen LogP contribution in [0.5, 0.6) is 0 Å². The van der Waals surface area contributed by atoms with Gasteiger partial charge in [0.05, 0.1) is 15.9 Å². The molecule has 0 atom stereocenters. The fraction of sp³-hybridized carbons (Fsp3) is 0.125. The van der Waals surface area contributed by atoms with Crippen LogP contribution in [0.2, 0.25) is 0 Å². The van der Waals surface area contributed by atoms with Crippen molar-refractivity contribution in [1.29, 1.82) is 0 Å². The lowest BCUT2D eigenvalue weighted by molar-refractivity contribution is -0.107. The molecule has 0 aliphatic rings. The van der Waals surface area contributed by atoms with Gasteiger partial charge in [-0.1, -0.05) is 17.4 Å². The van der Waals surface area contributed by atoms with Crippen LogP contribution in [-0.4, -0.2) is 29.0 Å². The van der Waals surface area contributed by atoms with Crippen molar-refractivity contribution < 1.29 is 9.59 Å². The Morgan fingerprint density at radius 1 is 1.40 bits per heavy atom. The minimum Gasteiger partial charge on any atom is -0.338 e. The van der Waals surface area contributed by atoms with E-state index in [2.05, 4.69) is 20.6 Å². The maximum atomic E-state index is 11.7. The number of hydrogen-bond donors (Lipinski definition) is 3. The number of rotatable bonds is 5. The second kappa shape index (κ2) is 7.24. The van der Waals surface area contributed by atoms with Crippen molar-refractivity contribution in [1.82, 2.24) is 15.3 Å². The van der Waals surface area contributed by atoms with E-state index in [1.165, 1.54) is 11.3 Å². The standard InChI is InChI=1S/C16H16N6O2S/c1-2-19-15(24)21-16-20-12-6-11(10-4-3-5-18-8-10)7-13(14(12)25-16)22(17)9-23/h3-9H,2,17H2,1H3,(H2,19,20,21,24). The highest BCUT2D eigenvalue weighted by molar-refractivity contribution is 7.23. The molecule has 0 radical (unpaired) electrons. The summed E-state index contributed by atoms with van der Waals surface area (Å²) in [5.74, 6) is 5.79. The fourth-order valence-corrected chi connectivity index (χ4v) is 3.28. The number of nitrogens with zero attached hydrogens (tertiary/aromatic N) is 3. The molecule has 128 valence electrons. The van der Waals surface area contributed by atoms with Crippen molar-refractivity contribution in [2.75, 3.05) is 16.9 Å². The number of thiazole rings is 1. The molecule has 9 heteroatoms. The molecule has 8 nitrogen and oxygen atoms in total. The molecule has 3 aromatic rings. The fourth-order valence-electron chi connectivity index (χ4n) is 2.32. The van der Waals surface area contributed by atoms with Crippen LogP contribution in [0.25, 0.3) is 21.3 Å². The number of carbonyl (C=O) groups excluding carboxylic acids is 2. The van der Waals surface area contributed by atoms with Crippen molar-refractivity contribution in [2.45, 2.75) is 6.92 Å². The summed E-state index contributed by atoms with van der Waals surface area (Å²) in [5, 5.41) is 6.73. The first-order valence-corrected chi connectivity index (χ1v) is 8.33. The van der Waals surface area contributed by atoms with Crippen molar-refractivity contribution in [3.8, 4) is 11.1 Å². The molecule has 0 saturated carbocycles. The number of amides is 3. The second-order valence-corrected chi connectivity index (χ2v) is 6.10. The van der Waals surface area contributed by atoms with E-state index < -0.39 is 0 Å². The van der Waals surface area contributed by atoms with E-state index in [1.807, 2.05) is 25.1 Å². The molecule has 0 unspecified atom stereocenters. The van der Waals surface area contributed by atoms with Crippen LogP contribution < -0.4 is 21.5 Å². The smallest absolute Gasteiger partial charge is 0.321 e. The van der Waals surface area contributed by atoms with Crippen LogP contribution in [0, 0.1) is 0 Å². The minimum atomic E-state index is -0.337. The number of carbonyl (C=O) groups is 2. The van der Waals surface area contributed by atoms with Gasteiger partial charge >= 0.3 is 6.03 Å². The topological polar surface area (TPSA) is 113 Å². The molecule has 25 heavy (non-hydrogen) atoms. The van der Waals surface area contributed by atoms with Crippen LogP contribution in [0.4, 0.5) is 15.6 Å². The monoisotopic (exact) mass is 356 g/mol. The summed E-state index contributed by atoms with van der Waals surface area (Å²) in [5.41, 5.74) is 2.83. The predicted molar refractivity (Wildman–Crippen MR) is 98.3 cm³/mol. The normalized spacial score (nSPS) is 10.5. The van der Waals surface area contributed by atoms with Crippen molar-refractivity contribution in [3.63, 3.8) is 0 Å². The molecule has 3 amide bonds. The van der Waals surface area contributed by atoms with Crippen LogP contribution >= 0.6 is 11.3 Å². The predicted octanol–water partition coefficient (Wildman–Crippen LogP) is 2.34. The zero-order valence-corrected chi connectivity index (χ0v) is 14.2. The molecule has 2 aromatic heterocycles. The van der Waals surface area contributed by atoms with Gasteiger partial charge in [0.1, 0.15) is 0 Å². The third kappa shape index (κ3) is 3.57. The Balaban J connectivity index is 2.09. The van der Waals surface area contributed by atoms with E-state index in [0.29, 0.717) is 34.0 Å². The highest BCUT2D eigenvalue weighted by Crippen LogP contribution is 2.37. The SMILES string of the molecule is CCNC(=O)Nc1nc2cc(-c3cccnc3)cc(N(N)C=O)c2s1. The zero-order chi connectivity index (χ0) is 17.8. The molecular formula is C16H16N6O2S. The summed E-state index contributed by atoms with van der Waals surface area (Å²) < 4.78 is 0.703. The molecule has 1 aromatic carbocycles. The minimum absolute atomic E-state index is 0.337. The number of urea groups is 1. The number of nitrogens with two attached hydrogens (primary N) is 1. The first-order chi connectivity index (χ1) is 12.1. The summed E-state index contributed by atoms with van der Waals surface area (Å²) in [6.07, 6.45) is 3.92. The zero-order valence-electron chi connectivity index (χ0n) is 13.4. The highest BCUT2D eigenvalue weighted by Gasteiger charge is 2.15. The molecular weight excluding hydrogens is 340 g/mol. The van der Waals surface area contributed by atoms with Gasteiger partial charge in [-0.15, -0.1) is 0 Å². The highest BCUT2D eigenvalue weighted by atomic mass is 32.1. The molecule has 4 N–H and O–H groups in total. The molecule has 3 rings (SSSR count). The Kier molecular flexibility index (Phi) is 4.87. The van der Waals surface area contributed by atoms with E-state index in [4.69, 9.17) is 5.84 Å². The van der Waals surface area contributed by atoms with Crippen LogP contribution in [0.1, 0.15) is 6.92 Å². The van der Waals surface area contributed by atoms with Gasteiger partial charge in [-0.05, 0) is 30.7 Å². The number of fused-ring (bicyclic) bond motifs is 1. The average Bonchev–Trinajstić information content (AvgIpc) is 3.03. The Hall–Kier alpha value is -3.04. The summed E-state index contributed by atoms with van der Waals surface area (Å²) in [4.78, 5) is 31.4. The van der Waals surface area contributed by atoms with Crippen molar-refractivity contribution in [3.05, 3.63) is 36.7 Å². The van der Waals surface area contributed by atoms with Gasteiger partial charge in [-0.2, -0.15) is 0 Å². The van der Waals surface area contributed by atoms with E-state index in [9.17, 15) is 9.59 Å². The van der Waals surface area contributed by atoms with E-state index in [1.54, 1.807) is 18.5 Å². The number of anilines is 2. The molecule has 0 aliphatic heterocycles. The Bertz CT molecular complexity index is 912. The third-order valence-electron chi connectivity index (χ3n) is 3.41. The maximum Gasteiger partial charge on any atom is 0.321 e. The van der Waals surface area contributed by atoms with Crippen molar-refractivity contribution >= 4 is 44.8 Å². The number of aromatic nitrogens is 2. The van der Waals surface area contributed by atoms with Crippen molar-refractivity contribution in [2.24, 2.45) is 5.84 Å². The molecule has 2 heterocycles. The van der Waals surface area contributed by atoms with Crippen LogP contribution in [0.15, 0.2) is 36.7 Å². The molecule has 0 bridgehead atoms. The van der Waals surface area contributed by atoms with Gasteiger partial charge in [-0.25, -0.2) is 20.6 Å². The Morgan fingerprint density at radius 3 is 2.92 bits per heavy atom. The second-order valence-electron chi connectivity index (χ2n) is 5.10. The Labute approximate surface area is 147 Å². The van der Waals surface area contributed by atoms with Gasteiger partial charge < -0.3 is 5.32 Å². The lowest BCUT2D eigenvalue weighted by Crippen LogP contribution is -2.28. The van der Waals surface area contributed by atoms with Gasteiger partial charge in [0.15, 0.2) is 5.13 Å². The maximum absolute atomic E-state index is 11.7. The quantitative estimate of drug-likeness (QED) is 0.281. The number of nitrogens with one attached hydrogen (secondary N) is 2. The van der Waals surface area contributed by atoms with Gasteiger partial charge in [-0.3, -0.25) is 15.1 Å². The van der Waals surface area contributed by atoms with Gasteiger partial charge in [0.25, 0.3) is 0 Å². The summed E-state index contributed by atoms with van der Waals surface area (Å²) in [6.45, 7) is 2.33. The number of hydrogen-bond acceptors (Lipinski definition) is 6. The van der Waals surface area contributed by atoms with E-state index in [0.717, 1.165) is 16.1 Å². The number of hydrazine groups is 1. The molecule has 0 saturated heterocycles. The largest absolute Gasteiger partial charge is 0.338 e. The lowest BCUT2D eigenvalue weighted by Gasteiger charge is -2.12. The molecule has 0 spiro atoms. The average molecular weight is 356 g/mol. The van der Waals surface area contributed by atoms with Gasteiger partial charge in [0.2, 0.25) is 6.41 Å². The first kappa shape index (κ1) is 16.8. The third-order valence-corrected chi connectivity index (χ3v) is 4.42. The lowest BCUT2D eigenvalue weighted by atomic mass is 10.1. The number of pyridine rings is 1. The Morgan fingerprint density at radius 2 is 2.24 bits per heavy atom. The van der Waals surface area contributed by atoms with E-state index in [-0.39, 0.29) is 6.03 Å². The number of benzene rings is 1. The van der Waals surface area contributed by atoms with E-state index >= 15 is 0 Å². The van der Waals surface area contributed by atoms with Crippen LogP contribution in [0.3, 0.4) is 0 Å². The first-order valence-electron chi connectivity index (χ1n) is 7.51. The summed E-state index contributed by atoms with van der Waals surface area (Å²) >= 11 is 1.25. The molecule has 0 fully saturated rings. The van der Waals surface area contributed by atoms with Gasteiger partial charge in [0, 0.05) is 24.5 Å². The van der Waals surface area contributed by atoms with Crippen LogP contribution in [-0.2, 0) is 4.79 Å².